The van der Waals surface area contributed by atoms with Crippen LogP contribution < -0.4 is 4.90 Å². The van der Waals surface area contributed by atoms with E-state index in [2.05, 4.69) is 59.7 Å². The molecule has 8 heteroatoms. The highest BCUT2D eigenvalue weighted by atomic mass is 16.5. The molecule has 0 bridgehead atoms. The minimum atomic E-state index is -0.565. The van der Waals surface area contributed by atoms with Crippen molar-refractivity contribution in [3.05, 3.63) is 35.9 Å². The van der Waals surface area contributed by atoms with Crippen molar-refractivity contribution in [1.29, 1.82) is 0 Å². The smallest absolute Gasteiger partial charge is 0.232 e. The van der Waals surface area contributed by atoms with Crippen molar-refractivity contribution < 1.29 is 19.1 Å². The lowest BCUT2D eigenvalue weighted by Gasteiger charge is -2.31. The van der Waals surface area contributed by atoms with E-state index in [1.54, 1.807) is 0 Å². The number of nitrogens with zero attached hydrogens (tertiary/aromatic N) is 4. The molecule has 1 aromatic heterocycles. The Balaban J connectivity index is 1.81. The molecule has 1 aliphatic rings. The zero-order chi connectivity index (χ0) is 25.2. The molecule has 2 aromatic rings. The van der Waals surface area contributed by atoms with Crippen LogP contribution in [-0.4, -0.2) is 98.4 Å². The number of ether oxygens (including phenoxy) is 2. The molecule has 3 rings (SSSR count). The van der Waals surface area contributed by atoms with Gasteiger partial charge in [0.05, 0.1) is 31.5 Å². The van der Waals surface area contributed by atoms with Gasteiger partial charge in [0, 0.05) is 64.5 Å². The fourth-order valence-electron chi connectivity index (χ4n) is 4.13. The monoisotopic (exact) mass is 488 g/mol. The summed E-state index contributed by atoms with van der Waals surface area (Å²) in [5.41, 5.74) is 2.93. The average Bonchev–Trinajstić information content (AvgIpc) is 3.26. The molecule has 1 atom stereocenters. The normalized spacial score (nSPS) is 15.9. The van der Waals surface area contributed by atoms with Crippen molar-refractivity contribution in [3.8, 4) is 11.3 Å². The van der Waals surface area contributed by atoms with Crippen LogP contribution in [0.1, 0.15) is 33.3 Å². The Morgan fingerprint density at radius 1 is 1.09 bits per heavy atom. The summed E-state index contributed by atoms with van der Waals surface area (Å²) in [4.78, 5) is 6.84. The van der Waals surface area contributed by atoms with Crippen LogP contribution in [0.2, 0.25) is 0 Å². The first-order valence-corrected chi connectivity index (χ1v) is 12.9. The van der Waals surface area contributed by atoms with E-state index in [9.17, 15) is 5.11 Å². The van der Waals surface area contributed by atoms with Gasteiger partial charge in [0.15, 0.2) is 0 Å². The minimum absolute atomic E-state index is 0.266. The molecule has 8 nitrogen and oxygen atoms in total. The summed E-state index contributed by atoms with van der Waals surface area (Å²) in [6.45, 7) is 15.8. The number of aliphatic hydroxyl groups excluding tert-OH is 1. The van der Waals surface area contributed by atoms with Crippen molar-refractivity contribution in [2.24, 2.45) is 5.92 Å². The molecule has 1 N–H and O–H groups in total. The van der Waals surface area contributed by atoms with Crippen LogP contribution >= 0.6 is 0 Å². The quantitative estimate of drug-likeness (QED) is 0.434. The molecule has 0 spiro atoms. The van der Waals surface area contributed by atoms with E-state index in [1.165, 1.54) is 0 Å². The van der Waals surface area contributed by atoms with Crippen LogP contribution in [0.5, 0.6) is 0 Å². The van der Waals surface area contributed by atoms with Crippen LogP contribution in [0.4, 0.5) is 5.88 Å². The van der Waals surface area contributed by atoms with Gasteiger partial charge < -0.3 is 24.0 Å². The highest BCUT2D eigenvalue weighted by Crippen LogP contribution is 2.32. The second kappa shape index (κ2) is 13.9. The molecule has 1 aliphatic heterocycles. The number of aliphatic hydroxyl groups is 1. The molecular weight excluding hydrogens is 444 g/mol. The Hall–Kier alpha value is -1.97. The van der Waals surface area contributed by atoms with Gasteiger partial charge in [0.1, 0.15) is 5.69 Å². The first kappa shape index (κ1) is 27.6. The van der Waals surface area contributed by atoms with Crippen LogP contribution in [0, 0.1) is 5.92 Å². The number of morpholine rings is 1. The third kappa shape index (κ3) is 8.58. The van der Waals surface area contributed by atoms with Gasteiger partial charge in [-0.25, -0.2) is 0 Å². The van der Waals surface area contributed by atoms with Crippen molar-refractivity contribution in [2.45, 2.75) is 46.4 Å². The Morgan fingerprint density at radius 3 is 2.46 bits per heavy atom. The van der Waals surface area contributed by atoms with Crippen molar-refractivity contribution in [3.63, 3.8) is 0 Å². The summed E-state index contributed by atoms with van der Waals surface area (Å²) in [6, 6.07) is 10.4. The van der Waals surface area contributed by atoms with Gasteiger partial charge >= 0.3 is 0 Å². The van der Waals surface area contributed by atoms with Crippen molar-refractivity contribution in [2.75, 3.05) is 71.1 Å². The van der Waals surface area contributed by atoms with Gasteiger partial charge in [-0.15, -0.1) is 0 Å². The average molecular weight is 489 g/mol. The summed E-state index contributed by atoms with van der Waals surface area (Å²) in [5, 5.41) is 15.3. The third-order valence-electron chi connectivity index (χ3n) is 6.36. The van der Waals surface area contributed by atoms with Crippen LogP contribution in [0.15, 0.2) is 34.9 Å². The highest BCUT2D eigenvalue weighted by Gasteiger charge is 2.25. The van der Waals surface area contributed by atoms with E-state index >= 15 is 0 Å². The zero-order valence-electron chi connectivity index (χ0n) is 22.2. The SMILES string of the molecule is CC(C)COCC(O)CN(CCN1CCOCC1)Cc1c(-c2ccccc2)noc1N(C)C(C)C. The van der Waals surface area contributed by atoms with E-state index in [0.717, 1.165) is 62.1 Å². The molecule has 1 saturated heterocycles. The number of anilines is 1. The lowest BCUT2D eigenvalue weighted by molar-refractivity contribution is 0.000977. The number of hydrogen-bond acceptors (Lipinski definition) is 8. The summed E-state index contributed by atoms with van der Waals surface area (Å²) >= 11 is 0. The molecule has 196 valence electrons. The maximum Gasteiger partial charge on any atom is 0.232 e. The second-order valence-electron chi connectivity index (χ2n) is 10.2. The molecular formula is C27H44N4O4. The first-order valence-electron chi connectivity index (χ1n) is 12.9. The molecule has 1 aromatic carbocycles. The Labute approximate surface area is 210 Å². The largest absolute Gasteiger partial charge is 0.389 e. The van der Waals surface area contributed by atoms with E-state index in [4.69, 9.17) is 14.0 Å². The molecule has 0 amide bonds. The van der Waals surface area contributed by atoms with Gasteiger partial charge in [-0.3, -0.25) is 9.80 Å². The third-order valence-corrected chi connectivity index (χ3v) is 6.36. The number of hydrogen-bond donors (Lipinski definition) is 1. The molecule has 0 aliphatic carbocycles. The van der Waals surface area contributed by atoms with E-state index in [1.807, 2.05) is 25.2 Å². The first-order chi connectivity index (χ1) is 16.8. The summed E-state index contributed by atoms with van der Waals surface area (Å²) in [5.74, 6) is 1.22. The Kier molecular flexibility index (Phi) is 11.0. The Morgan fingerprint density at radius 2 is 1.80 bits per heavy atom. The topological polar surface area (TPSA) is 74.4 Å². The lowest BCUT2D eigenvalue weighted by Crippen LogP contribution is -2.43. The van der Waals surface area contributed by atoms with Gasteiger partial charge in [-0.1, -0.05) is 49.3 Å². The summed E-state index contributed by atoms with van der Waals surface area (Å²) in [7, 11) is 2.04. The maximum absolute atomic E-state index is 10.8. The minimum Gasteiger partial charge on any atom is -0.389 e. The van der Waals surface area contributed by atoms with Crippen LogP contribution in [0.25, 0.3) is 11.3 Å². The molecule has 35 heavy (non-hydrogen) atoms. The maximum atomic E-state index is 10.8. The van der Waals surface area contributed by atoms with E-state index in [0.29, 0.717) is 32.2 Å². The fourth-order valence-corrected chi connectivity index (χ4v) is 4.13. The predicted molar refractivity (Wildman–Crippen MR) is 140 cm³/mol. The molecule has 0 saturated carbocycles. The van der Waals surface area contributed by atoms with Crippen molar-refractivity contribution >= 4 is 5.88 Å². The molecule has 1 unspecified atom stereocenters. The number of aromatic nitrogens is 1. The van der Waals surface area contributed by atoms with Crippen molar-refractivity contribution in [1.82, 2.24) is 15.0 Å². The predicted octanol–water partition coefficient (Wildman–Crippen LogP) is 3.35. The van der Waals surface area contributed by atoms with E-state index in [-0.39, 0.29) is 6.04 Å². The summed E-state index contributed by atoms with van der Waals surface area (Å²) in [6.07, 6.45) is -0.565. The second-order valence-corrected chi connectivity index (χ2v) is 10.2. The molecule has 1 fully saturated rings. The van der Waals surface area contributed by atoms with Gasteiger partial charge in [0.2, 0.25) is 5.88 Å². The van der Waals surface area contributed by atoms with Crippen LogP contribution in [-0.2, 0) is 16.0 Å². The lowest BCUT2D eigenvalue weighted by atomic mass is 10.1. The zero-order valence-corrected chi connectivity index (χ0v) is 22.2. The fraction of sp³-hybridized carbons (Fsp3) is 0.667. The standard InChI is InChI=1S/C27H44N4O4/c1-21(2)19-34-20-24(32)17-31(12-11-30-13-15-33-16-14-30)18-25-26(23-9-7-6-8-10-23)28-35-27(25)29(5)22(3)4/h6-10,21-22,24,32H,11-20H2,1-5H3. The number of rotatable bonds is 14. The number of benzene rings is 1. The van der Waals surface area contributed by atoms with Crippen LogP contribution in [0.3, 0.4) is 0 Å². The van der Waals surface area contributed by atoms with Gasteiger partial charge in [0.25, 0.3) is 0 Å². The Bertz CT molecular complexity index is 852. The summed E-state index contributed by atoms with van der Waals surface area (Å²) < 4.78 is 17.1. The van der Waals surface area contributed by atoms with Gasteiger partial charge in [-0.2, -0.15) is 0 Å². The molecule has 0 radical (unpaired) electrons. The molecule has 2 heterocycles. The van der Waals surface area contributed by atoms with E-state index < -0.39 is 6.10 Å². The highest BCUT2D eigenvalue weighted by molar-refractivity contribution is 5.68. The van der Waals surface area contributed by atoms with Gasteiger partial charge in [-0.05, 0) is 19.8 Å².